The highest BCUT2D eigenvalue weighted by Crippen LogP contribution is 2.04. The molecule has 13 heavy (non-hydrogen) atoms. The van der Waals surface area contributed by atoms with Crippen molar-refractivity contribution >= 4 is 10.0 Å². The van der Waals surface area contributed by atoms with E-state index in [-0.39, 0.29) is 5.03 Å². The zero-order valence-corrected chi connectivity index (χ0v) is 7.67. The van der Waals surface area contributed by atoms with Gasteiger partial charge in [-0.25, -0.2) is 18.1 Å². The Labute approximate surface area is 76.1 Å². The minimum atomic E-state index is -3.49. The summed E-state index contributed by atoms with van der Waals surface area (Å²) in [5, 5.41) is 8.34. The van der Waals surface area contributed by atoms with E-state index in [1.165, 1.54) is 25.4 Å². The highest BCUT2D eigenvalue weighted by molar-refractivity contribution is 7.89. The molecule has 0 unspecified atom stereocenters. The van der Waals surface area contributed by atoms with Crippen molar-refractivity contribution in [2.45, 2.75) is 5.03 Å². The molecule has 0 saturated carbocycles. The minimum absolute atomic E-state index is 0.0889. The summed E-state index contributed by atoms with van der Waals surface area (Å²) in [6.45, 7) is 0. The van der Waals surface area contributed by atoms with E-state index in [4.69, 9.17) is 5.26 Å². The number of sulfonamides is 1. The second kappa shape index (κ2) is 3.51. The lowest BCUT2D eigenvalue weighted by Crippen LogP contribution is -2.19. The summed E-state index contributed by atoms with van der Waals surface area (Å²) >= 11 is 0. The lowest BCUT2D eigenvalue weighted by Gasteiger charge is -1.99. The Morgan fingerprint density at radius 2 is 2.23 bits per heavy atom. The quantitative estimate of drug-likeness (QED) is 0.715. The average molecular weight is 197 g/mol. The number of nitrogens with one attached hydrogen (secondary N) is 1. The van der Waals surface area contributed by atoms with Crippen molar-refractivity contribution in [2.75, 3.05) is 7.05 Å². The summed E-state index contributed by atoms with van der Waals surface area (Å²) in [6, 6.07) is 4.53. The second-order valence-electron chi connectivity index (χ2n) is 2.20. The zero-order chi connectivity index (χ0) is 9.90. The molecular formula is C7H7N3O2S. The van der Waals surface area contributed by atoms with Crippen LogP contribution in [0.25, 0.3) is 0 Å². The molecule has 1 rings (SSSR count). The van der Waals surface area contributed by atoms with Gasteiger partial charge in [0.1, 0.15) is 6.07 Å². The molecule has 0 radical (unpaired) electrons. The van der Waals surface area contributed by atoms with Gasteiger partial charge in [-0.1, -0.05) is 0 Å². The number of hydrogen-bond acceptors (Lipinski definition) is 4. The maximum atomic E-state index is 11.1. The lowest BCUT2D eigenvalue weighted by atomic mass is 10.3. The summed E-state index contributed by atoms with van der Waals surface area (Å²) in [6.07, 6.45) is 1.21. The van der Waals surface area contributed by atoms with Gasteiger partial charge >= 0.3 is 0 Å². The fourth-order valence-corrected chi connectivity index (χ4v) is 1.36. The van der Waals surface area contributed by atoms with Gasteiger partial charge in [-0.05, 0) is 19.2 Å². The van der Waals surface area contributed by atoms with Gasteiger partial charge in [0.05, 0.1) is 5.56 Å². The first-order chi connectivity index (χ1) is 6.10. The van der Waals surface area contributed by atoms with Crippen LogP contribution in [0.3, 0.4) is 0 Å². The molecule has 5 nitrogen and oxygen atoms in total. The molecule has 0 aliphatic rings. The largest absolute Gasteiger partial charge is 0.257 e. The molecule has 0 aliphatic heterocycles. The Bertz CT molecular complexity index is 430. The van der Waals surface area contributed by atoms with E-state index in [9.17, 15) is 8.42 Å². The molecule has 0 fully saturated rings. The third-order valence-corrected chi connectivity index (χ3v) is 2.74. The second-order valence-corrected chi connectivity index (χ2v) is 4.04. The van der Waals surface area contributed by atoms with Gasteiger partial charge in [0.25, 0.3) is 10.0 Å². The van der Waals surface area contributed by atoms with Crippen molar-refractivity contribution in [3.63, 3.8) is 0 Å². The first-order valence-corrected chi connectivity index (χ1v) is 4.88. The minimum Gasteiger partial charge on any atom is -0.242 e. The van der Waals surface area contributed by atoms with E-state index < -0.39 is 10.0 Å². The molecule has 68 valence electrons. The molecule has 6 heteroatoms. The van der Waals surface area contributed by atoms with Crippen LogP contribution in [0.1, 0.15) is 5.56 Å². The molecule has 1 heterocycles. The van der Waals surface area contributed by atoms with Crippen molar-refractivity contribution in [3.8, 4) is 6.07 Å². The summed E-state index contributed by atoms with van der Waals surface area (Å²) in [4.78, 5) is 3.62. The van der Waals surface area contributed by atoms with Gasteiger partial charge < -0.3 is 0 Å². The Morgan fingerprint density at radius 1 is 1.54 bits per heavy atom. The number of hydrogen-bond donors (Lipinski definition) is 1. The van der Waals surface area contributed by atoms with E-state index in [0.717, 1.165) is 0 Å². The Hall–Kier alpha value is -1.45. The van der Waals surface area contributed by atoms with Crippen molar-refractivity contribution in [1.82, 2.24) is 9.71 Å². The molecule has 0 spiro atoms. The van der Waals surface area contributed by atoms with Crippen molar-refractivity contribution in [2.24, 2.45) is 0 Å². The smallest absolute Gasteiger partial charge is 0.242 e. The molecule has 1 N–H and O–H groups in total. The summed E-state index contributed by atoms with van der Waals surface area (Å²) < 4.78 is 24.4. The number of pyridine rings is 1. The van der Waals surface area contributed by atoms with Crippen LogP contribution >= 0.6 is 0 Å². The molecule has 0 saturated heterocycles. The summed E-state index contributed by atoms with van der Waals surface area (Å²) in [5.41, 5.74) is 0.329. The maximum absolute atomic E-state index is 11.1. The fraction of sp³-hybridized carbons (Fsp3) is 0.143. The van der Waals surface area contributed by atoms with Crippen LogP contribution in [0.15, 0.2) is 23.4 Å². The van der Waals surface area contributed by atoms with Crippen LogP contribution in [0.5, 0.6) is 0 Å². The molecule has 0 amide bonds. The van der Waals surface area contributed by atoms with E-state index in [1.54, 1.807) is 0 Å². The topological polar surface area (TPSA) is 82.9 Å². The zero-order valence-electron chi connectivity index (χ0n) is 6.85. The molecule has 0 atom stereocenters. The van der Waals surface area contributed by atoms with Gasteiger partial charge in [-0.2, -0.15) is 5.26 Å². The summed E-state index contributed by atoms with van der Waals surface area (Å²) in [7, 11) is -2.19. The third-order valence-electron chi connectivity index (χ3n) is 1.41. The van der Waals surface area contributed by atoms with Crippen LogP contribution in [0.4, 0.5) is 0 Å². The predicted octanol–water partition coefficient (Wildman–Crippen LogP) is -0.139. The third kappa shape index (κ3) is 2.02. The molecule has 0 aromatic carbocycles. The molecule has 0 bridgehead atoms. The molecule has 1 aromatic heterocycles. The van der Waals surface area contributed by atoms with E-state index in [1.807, 2.05) is 6.07 Å². The average Bonchev–Trinajstić information content (AvgIpc) is 2.18. The predicted molar refractivity (Wildman–Crippen MR) is 45.2 cm³/mol. The highest BCUT2D eigenvalue weighted by atomic mass is 32.2. The van der Waals surface area contributed by atoms with Gasteiger partial charge in [0, 0.05) is 6.20 Å². The van der Waals surface area contributed by atoms with Crippen molar-refractivity contribution in [3.05, 3.63) is 23.9 Å². The van der Waals surface area contributed by atoms with Crippen LogP contribution in [0, 0.1) is 11.3 Å². The van der Waals surface area contributed by atoms with Crippen LogP contribution < -0.4 is 4.72 Å². The van der Waals surface area contributed by atoms with Gasteiger partial charge in [-0.15, -0.1) is 0 Å². The van der Waals surface area contributed by atoms with Crippen LogP contribution in [-0.4, -0.2) is 20.4 Å². The first-order valence-electron chi connectivity index (χ1n) is 3.40. The van der Waals surface area contributed by atoms with E-state index >= 15 is 0 Å². The van der Waals surface area contributed by atoms with Crippen LogP contribution in [0.2, 0.25) is 0 Å². The highest BCUT2D eigenvalue weighted by Gasteiger charge is 2.11. The fourth-order valence-electron chi connectivity index (χ4n) is 0.710. The number of aromatic nitrogens is 1. The number of rotatable bonds is 2. The van der Waals surface area contributed by atoms with Gasteiger partial charge in [-0.3, -0.25) is 0 Å². The molecular weight excluding hydrogens is 190 g/mol. The maximum Gasteiger partial charge on any atom is 0.257 e. The monoisotopic (exact) mass is 197 g/mol. The van der Waals surface area contributed by atoms with Crippen LogP contribution in [-0.2, 0) is 10.0 Å². The Morgan fingerprint density at radius 3 is 2.62 bits per heavy atom. The van der Waals surface area contributed by atoms with E-state index in [2.05, 4.69) is 9.71 Å². The number of nitrogens with zero attached hydrogens (tertiary/aromatic N) is 2. The van der Waals surface area contributed by atoms with E-state index in [0.29, 0.717) is 5.56 Å². The Kier molecular flexibility index (Phi) is 2.60. The standard InChI is InChI=1S/C7H7N3O2S/c1-9-13(11,12)7-3-2-6(4-8)5-10-7/h2-3,5,9H,1H3. The number of nitriles is 1. The van der Waals surface area contributed by atoms with Gasteiger partial charge in [0.2, 0.25) is 0 Å². The molecule has 1 aromatic rings. The van der Waals surface area contributed by atoms with Gasteiger partial charge in [0.15, 0.2) is 5.03 Å². The summed E-state index contributed by atoms with van der Waals surface area (Å²) in [5.74, 6) is 0. The Balaban J connectivity index is 3.15. The lowest BCUT2D eigenvalue weighted by molar-refractivity contribution is 0.584. The van der Waals surface area contributed by atoms with Crippen molar-refractivity contribution in [1.29, 1.82) is 5.26 Å². The first kappa shape index (κ1) is 9.64. The normalized spacial score (nSPS) is 10.8. The molecule has 0 aliphatic carbocycles. The van der Waals surface area contributed by atoms with Crippen molar-refractivity contribution < 1.29 is 8.42 Å². The SMILES string of the molecule is CNS(=O)(=O)c1ccc(C#N)cn1.